The molecule has 0 unspecified atom stereocenters. The Bertz CT molecular complexity index is 318. The predicted octanol–water partition coefficient (Wildman–Crippen LogP) is 2.31. The van der Waals surface area contributed by atoms with Crippen LogP contribution in [0.4, 0.5) is 4.79 Å². The zero-order valence-corrected chi connectivity index (χ0v) is 13.1. The van der Waals surface area contributed by atoms with Gasteiger partial charge in [0, 0.05) is 24.5 Å². The summed E-state index contributed by atoms with van der Waals surface area (Å²) in [4.78, 5) is 23.2. The van der Waals surface area contributed by atoms with Crippen LogP contribution in [-0.2, 0) is 4.79 Å². The Morgan fingerprint density at radius 2 is 1.75 bits per heavy atom. The van der Waals surface area contributed by atoms with E-state index < -0.39 is 0 Å². The van der Waals surface area contributed by atoms with Crippen LogP contribution in [0.1, 0.15) is 65.7 Å². The summed E-state index contributed by atoms with van der Waals surface area (Å²) >= 11 is 0. The minimum Gasteiger partial charge on any atom is -0.352 e. The molecule has 0 saturated heterocycles. The summed E-state index contributed by atoms with van der Waals surface area (Å²) in [7, 11) is 0. The first-order chi connectivity index (χ1) is 9.37. The van der Waals surface area contributed by atoms with E-state index in [2.05, 4.69) is 16.0 Å². The van der Waals surface area contributed by atoms with Crippen LogP contribution in [0.15, 0.2) is 0 Å². The molecule has 0 aromatic heterocycles. The lowest BCUT2D eigenvalue weighted by Crippen LogP contribution is -2.43. The van der Waals surface area contributed by atoms with Crippen LogP contribution in [0, 0.1) is 0 Å². The first kappa shape index (κ1) is 16.8. The second-order valence-corrected chi connectivity index (χ2v) is 6.64. The van der Waals surface area contributed by atoms with Gasteiger partial charge in [-0.15, -0.1) is 0 Å². The Morgan fingerprint density at radius 1 is 1.10 bits per heavy atom. The minimum atomic E-state index is -0.192. The third kappa shape index (κ3) is 8.02. The molecule has 1 aliphatic carbocycles. The summed E-state index contributed by atoms with van der Waals surface area (Å²) in [5.41, 5.74) is -0.192. The Hall–Kier alpha value is -1.26. The second-order valence-electron chi connectivity index (χ2n) is 6.64. The van der Waals surface area contributed by atoms with Crippen LogP contribution in [0.2, 0.25) is 0 Å². The van der Waals surface area contributed by atoms with Gasteiger partial charge in [-0.05, 0) is 40.0 Å². The van der Waals surface area contributed by atoms with E-state index in [1.54, 1.807) is 0 Å². The number of rotatable bonds is 5. The van der Waals surface area contributed by atoms with Crippen molar-refractivity contribution in [3.8, 4) is 0 Å². The molecule has 0 atom stereocenters. The molecule has 1 rings (SSSR count). The van der Waals surface area contributed by atoms with E-state index in [1.807, 2.05) is 20.8 Å². The molecule has 0 aromatic rings. The van der Waals surface area contributed by atoms with Gasteiger partial charge < -0.3 is 16.0 Å². The molecule has 20 heavy (non-hydrogen) atoms. The quantitative estimate of drug-likeness (QED) is 0.678. The zero-order chi connectivity index (χ0) is 15.0. The minimum absolute atomic E-state index is 0.0342. The summed E-state index contributed by atoms with van der Waals surface area (Å²) in [5.74, 6) is 0.0342. The van der Waals surface area contributed by atoms with E-state index in [0.29, 0.717) is 25.4 Å². The van der Waals surface area contributed by atoms with E-state index in [0.717, 1.165) is 12.8 Å². The number of hydrogen-bond acceptors (Lipinski definition) is 2. The molecule has 3 amide bonds. The van der Waals surface area contributed by atoms with Crippen LogP contribution in [0.5, 0.6) is 0 Å². The van der Waals surface area contributed by atoms with Gasteiger partial charge in [0.25, 0.3) is 0 Å². The molecule has 3 N–H and O–H groups in total. The van der Waals surface area contributed by atoms with Crippen molar-refractivity contribution in [2.24, 2.45) is 0 Å². The van der Waals surface area contributed by atoms with Crippen molar-refractivity contribution in [1.82, 2.24) is 16.0 Å². The first-order valence-electron chi connectivity index (χ1n) is 7.72. The molecule has 1 saturated carbocycles. The Kier molecular flexibility index (Phi) is 6.82. The van der Waals surface area contributed by atoms with Crippen molar-refractivity contribution in [2.75, 3.05) is 6.54 Å². The highest BCUT2D eigenvalue weighted by molar-refractivity contribution is 5.77. The van der Waals surface area contributed by atoms with E-state index in [9.17, 15) is 9.59 Å². The summed E-state index contributed by atoms with van der Waals surface area (Å²) in [6.45, 7) is 6.42. The number of carbonyl (C=O) groups excluding carboxylic acids is 2. The molecule has 5 heteroatoms. The zero-order valence-electron chi connectivity index (χ0n) is 13.1. The van der Waals surface area contributed by atoms with Gasteiger partial charge in [-0.3, -0.25) is 4.79 Å². The predicted molar refractivity (Wildman–Crippen MR) is 80.5 cm³/mol. The first-order valence-corrected chi connectivity index (χ1v) is 7.72. The Morgan fingerprint density at radius 3 is 2.35 bits per heavy atom. The molecule has 1 fully saturated rings. The molecule has 0 aromatic carbocycles. The smallest absolute Gasteiger partial charge is 0.315 e. The van der Waals surface area contributed by atoms with Crippen LogP contribution < -0.4 is 16.0 Å². The highest BCUT2D eigenvalue weighted by Crippen LogP contribution is 2.17. The van der Waals surface area contributed by atoms with Crippen LogP contribution >= 0.6 is 0 Å². The lowest BCUT2D eigenvalue weighted by atomic mass is 9.96. The maximum atomic E-state index is 11.7. The van der Waals surface area contributed by atoms with Gasteiger partial charge in [-0.1, -0.05) is 19.3 Å². The maximum absolute atomic E-state index is 11.7. The van der Waals surface area contributed by atoms with Gasteiger partial charge in [0.15, 0.2) is 0 Å². The second kappa shape index (κ2) is 8.12. The van der Waals surface area contributed by atoms with E-state index in [-0.39, 0.29) is 17.5 Å². The summed E-state index contributed by atoms with van der Waals surface area (Å²) in [6, 6.07) is 0.223. The molecule has 116 valence electrons. The molecule has 1 aliphatic rings. The third-order valence-corrected chi connectivity index (χ3v) is 3.32. The summed E-state index contributed by atoms with van der Waals surface area (Å²) in [6.07, 6.45) is 6.97. The standard InChI is InChI=1S/C15H29N3O2/c1-15(2,3)18-13(19)10-7-11-16-14(20)17-12-8-5-4-6-9-12/h12H,4-11H2,1-3H3,(H,18,19)(H2,16,17,20). The maximum Gasteiger partial charge on any atom is 0.315 e. The number of amides is 3. The van der Waals surface area contributed by atoms with Crippen LogP contribution in [0.3, 0.4) is 0 Å². The molecule has 0 aliphatic heterocycles. The fourth-order valence-electron chi connectivity index (χ4n) is 2.41. The Labute approximate surface area is 122 Å². The fraction of sp³-hybridized carbons (Fsp3) is 0.867. The number of urea groups is 1. The molecular weight excluding hydrogens is 254 g/mol. The largest absolute Gasteiger partial charge is 0.352 e. The lowest BCUT2D eigenvalue weighted by Gasteiger charge is -2.23. The van der Waals surface area contributed by atoms with Crippen LogP contribution in [0.25, 0.3) is 0 Å². The van der Waals surface area contributed by atoms with Crippen LogP contribution in [-0.4, -0.2) is 30.1 Å². The fourth-order valence-corrected chi connectivity index (χ4v) is 2.41. The van der Waals surface area contributed by atoms with Gasteiger partial charge >= 0.3 is 6.03 Å². The van der Waals surface area contributed by atoms with Crippen molar-refractivity contribution < 1.29 is 9.59 Å². The van der Waals surface area contributed by atoms with Crippen molar-refractivity contribution in [3.05, 3.63) is 0 Å². The molecule has 0 heterocycles. The average Bonchev–Trinajstić information content (AvgIpc) is 2.34. The molecular formula is C15H29N3O2. The lowest BCUT2D eigenvalue weighted by molar-refractivity contribution is -0.122. The van der Waals surface area contributed by atoms with E-state index in [4.69, 9.17) is 0 Å². The van der Waals surface area contributed by atoms with E-state index >= 15 is 0 Å². The molecule has 0 bridgehead atoms. The van der Waals surface area contributed by atoms with Crippen molar-refractivity contribution in [1.29, 1.82) is 0 Å². The van der Waals surface area contributed by atoms with Crippen molar-refractivity contribution >= 4 is 11.9 Å². The summed E-state index contributed by atoms with van der Waals surface area (Å²) < 4.78 is 0. The average molecular weight is 283 g/mol. The third-order valence-electron chi connectivity index (χ3n) is 3.32. The highest BCUT2D eigenvalue weighted by Gasteiger charge is 2.15. The van der Waals surface area contributed by atoms with Gasteiger partial charge in [-0.2, -0.15) is 0 Å². The van der Waals surface area contributed by atoms with Gasteiger partial charge in [0.05, 0.1) is 0 Å². The molecule has 0 spiro atoms. The van der Waals surface area contributed by atoms with Crippen molar-refractivity contribution in [2.45, 2.75) is 77.3 Å². The monoisotopic (exact) mass is 283 g/mol. The highest BCUT2D eigenvalue weighted by atomic mass is 16.2. The van der Waals surface area contributed by atoms with Gasteiger partial charge in [-0.25, -0.2) is 4.79 Å². The van der Waals surface area contributed by atoms with Gasteiger partial charge in [0.1, 0.15) is 0 Å². The van der Waals surface area contributed by atoms with Crippen molar-refractivity contribution in [3.63, 3.8) is 0 Å². The number of carbonyl (C=O) groups is 2. The normalized spacial score (nSPS) is 16.6. The SMILES string of the molecule is CC(C)(C)NC(=O)CCCNC(=O)NC1CCCCC1. The molecule has 0 radical (unpaired) electrons. The molecule has 5 nitrogen and oxygen atoms in total. The summed E-state index contributed by atoms with van der Waals surface area (Å²) in [5, 5.41) is 8.72. The van der Waals surface area contributed by atoms with E-state index in [1.165, 1.54) is 19.3 Å². The topological polar surface area (TPSA) is 70.2 Å². The Balaban J connectivity index is 2.05. The van der Waals surface area contributed by atoms with Gasteiger partial charge in [0.2, 0.25) is 5.91 Å². The number of hydrogen-bond donors (Lipinski definition) is 3. The number of nitrogens with one attached hydrogen (secondary N) is 3.